The van der Waals surface area contributed by atoms with Crippen molar-refractivity contribution in [2.24, 2.45) is 5.73 Å². The molecule has 5 heteroatoms. The summed E-state index contributed by atoms with van der Waals surface area (Å²) in [6, 6.07) is 2.72. The Kier molecular flexibility index (Phi) is 5.41. The van der Waals surface area contributed by atoms with E-state index in [-0.39, 0.29) is 18.2 Å². The number of benzene rings is 1. The van der Waals surface area contributed by atoms with Gasteiger partial charge in [-0.3, -0.25) is 0 Å². The summed E-state index contributed by atoms with van der Waals surface area (Å²) in [5.74, 6) is 0.0690. The van der Waals surface area contributed by atoms with Crippen LogP contribution in [-0.4, -0.2) is 11.8 Å². The topological polar surface area (TPSA) is 46.2 Å². The molecule has 1 rings (SSSR count). The summed E-state index contributed by atoms with van der Waals surface area (Å²) in [5, 5.41) is 9.60. The molecule has 0 aliphatic heterocycles. The van der Waals surface area contributed by atoms with Gasteiger partial charge in [-0.05, 0) is 18.6 Å². The average Bonchev–Trinajstić information content (AvgIpc) is 2.12. The number of rotatable bonds is 2. The molecule has 0 heterocycles. The third-order valence-corrected chi connectivity index (χ3v) is 2.59. The quantitative estimate of drug-likeness (QED) is 0.877. The number of phenols is 1. The van der Waals surface area contributed by atoms with E-state index in [1.54, 1.807) is 19.1 Å². The van der Waals surface area contributed by atoms with E-state index in [0.29, 0.717) is 15.6 Å². The van der Waals surface area contributed by atoms with E-state index < -0.39 is 12.7 Å². The molecule has 1 atom stereocenters. The number of aryl methyl sites for hydroxylation is 1. The Hall–Kier alpha value is -0.320. The molecule has 2 nitrogen and oxygen atoms in total. The zero-order valence-corrected chi connectivity index (χ0v) is 10.0. The van der Waals surface area contributed by atoms with Gasteiger partial charge in [0.25, 0.3) is 0 Å². The highest BCUT2D eigenvalue weighted by molar-refractivity contribution is 9.10. The molecule has 0 aliphatic rings. The zero-order valence-electron chi connectivity index (χ0n) is 7.63. The fourth-order valence-corrected chi connectivity index (χ4v) is 1.74. The largest absolute Gasteiger partial charge is 0.507 e. The predicted octanol–water partition coefficient (Wildman–Crippen LogP) is 2.85. The predicted molar refractivity (Wildman–Crippen MR) is 60.7 cm³/mol. The normalized spacial score (nSPS) is 12.0. The molecule has 3 N–H and O–H groups in total. The lowest BCUT2D eigenvalue weighted by molar-refractivity contribution is 0.412. The van der Waals surface area contributed by atoms with E-state index in [0.717, 1.165) is 0 Å². The molecule has 0 saturated carbocycles. The smallest absolute Gasteiger partial charge is 0.124 e. The molecule has 0 radical (unpaired) electrons. The highest BCUT2D eigenvalue weighted by Crippen LogP contribution is 2.33. The highest BCUT2D eigenvalue weighted by atomic mass is 79.9. The van der Waals surface area contributed by atoms with Gasteiger partial charge in [0, 0.05) is 10.0 Å². The monoisotopic (exact) mass is 283 g/mol. The van der Waals surface area contributed by atoms with Crippen LogP contribution in [0.3, 0.4) is 0 Å². The van der Waals surface area contributed by atoms with Crippen LogP contribution in [0.2, 0.25) is 0 Å². The van der Waals surface area contributed by atoms with Crippen molar-refractivity contribution in [3.63, 3.8) is 0 Å². The van der Waals surface area contributed by atoms with Gasteiger partial charge in [0.2, 0.25) is 0 Å². The van der Waals surface area contributed by atoms with Gasteiger partial charge in [0.05, 0.1) is 6.04 Å². The van der Waals surface area contributed by atoms with Gasteiger partial charge in [0.1, 0.15) is 12.4 Å². The van der Waals surface area contributed by atoms with Crippen LogP contribution in [0.15, 0.2) is 16.6 Å². The summed E-state index contributed by atoms with van der Waals surface area (Å²) in [5.41, 5.74) is 6.63. The van der Waals surface area contributed by atoms with Crippen LogP contribution in [0.25, 0.3) is 0 Å². The third-order valence-electron chi connectivity index (χ3n) is 1.90. The molecule has 80 valence electrons. The first-order valence-electron chi connectivity index (χ1n) is 3.87. The third kappa shape index (κ3) is 2.59. The van der Waals surface area contributed by atoms with E-state index in [4.69, 9.17) is 5.73 Å². The van der Waals surface area contributed by atoms with Gasteiger partial charge in [0.15, 0.2) is 0 Å². The number of nitrogens with two attached hydrogens (primary N) is 1. The standard InChI is InChI=1S/C9H11BrFNO.ClH/c1-5-2-3-6(10)8(9(5)13)7(12)4-11;/h2-3,7,13H,4,12H2,1H3;1H/t7-;/m1./s1. The summed E-state index contributed by atoms with van der Waals surface area (Å²) in [6.07, 6.45) is 0. The van der Waals surface area contributed by atoms with Gasteiger partial charge in [-0.15, -0.1) is 12.4 Å². The number of aromatic hydroxyl groups is 1. The number of alkyl halides is 1. The second-order valence-electron chi connectivity index (χ2n) is 2.89. The first kappa shape index (κ1) is 13.7. The van der Waals surface area contributed by atoms with Gasteiger partial charge < -0.3 is 10.8 Å². The van der Waals surface area contributed by atoms with Gasteiger partial charge >= 0.3 is 0 Å². The van der Waals surface area contributed by atoms with E-state index in [2.05, 4.69) is 15.9 Å². The van der Waals surface area contributed by atoms with E-state index >= 15 is 0 Å². The molecule has 0 aromatic heterocycles. The first-order chi connectivity index (χ1) is 6.07. The Bertz CT molecular complexity index is 322. The Labute approximate surface area is 96.8 Å². The lowest BCUT2D eigenvalue weighted by Crippen LogP contribution is -2.13. The number of halogens is 3. The van der Waals surface area contributed by atoms with Crippen molar-refractivity contribution in [1.82, 2.24) is 0 Å². The highest BCUT2D eigenvalue weighted by Gasteiger charge is 2.15. The summed E-state index contributed by atoms with van der Waals surface area (Å²) in [6.45, 7) is 1.06. The number of hydrogen-bond donors (Lipinski definition) is 2. The summed E-state index contributed by atoms with van der Waals surface area (Å²) in [7, 11) is 0. The second kappa shape index (κ2) is 5.53. The Morgan fingerprint density at radius 1 is 1.57 bits per heavy atom. The average molecular weight is 285 g/mol. The Morgan fingerprint density at radius 3 is 2.64 bits per heavy atom. The summed E-state index contributed by atoms with van der Waals surface area (Å²) >= 11 is 3.22. The molecule has 0 aliphatic carbocycles. The fraction of sp³-hybridized carbons (Fsp3) is 0.333. The molecule has 14 heavy (non-hydrogen) atoms. The van der Waals surface area contributed by atoms with Crippen LogP contribution in [0.5, 0.6) is 5.75 Å². The van der Waals surface area contributed by atoms with Crippen molar-refractivity contribution in [2.45, 2.75) is 13.0 Å². The minimum atomic E-state index is -0.769. The van der Waals surface area contributed by atoms with Crippen molar-refractivity contribution in [3.8, 4) is 5.75 Å². The van der Waals surface area contributed by atoms with Crippen molar-refractivity contribution in [1.29, 1.82) is 0 Å². The van der Waals surface area contributed by atoms with Crippen LogP contribution in [0, 0.1) is 6.92 Å². The van der Waals surface area contributed by atoms with Crippen molar-refractivity contribution >= 4 is 28.3 Å². The Morgan fingerprint density at radius 2 is 2.14 bits per heavy atom. The van der Waals surface area contributed by atoms with Crippen molar-refractivity contribution in [2.75, 3.05) is 6.67 Å². The van der Waals surface area contributed by atoms with E-state index in [1.807, 2.05) is 0 Å². The van der Waals surface area contributed by atoms with E-state index in [1.165, 1.54) is 0 Å². The van der Waals surface area contributed by atoms with Crippen LogP contribution < -0.4 is 5.73 Å². The fourth-order valence-electron chi connectivity index (χ4n) is 1.12. The Balaban J connectivity index is 0.00000169. The van der Waals surface area contributed by atoms with Crippen molar-refractivity contribution < 1.29 is 9.50 Å². The van der Waals surface area contributed by atoms with E-state index in [9.17, 15) is 9.50 Å². The molecule has 0 saturated heterocycles. The maximum Gasteiger partial charge on any atom is 0.124 e. The van der Waals surface area contributed by atoms with Crippen LogP contribution in [0.4, 0.5) is 4.39 Å². The van der Waals surface area contributed by atoms with Gasteiger partial charge in [-0.25, -0.2) is 4.39 Å². The van der Waals surface area contributed by atoms with Crippen molar-refractivity contribution in [3.05, 3.63) is 27.7 Å². The van der Waals surface area contributed by atoms with Gasteiger partial charge in [-0.2, -0.15) is 0 Å². The lowest BCUT2D eigenvalue weighted by Gasteiger charge is -2.13. The molecule has 0 amide bonds. The molecular weight excluding hydrogens is 272 g/mol. The zero-order chi connectivity index (χ0) is 10.0. The molecule has 1 aromatic rings. The van der Waals surface area contributed by atoms with Crippen LogP contribution in [0.1, 0.15) is 17.2 Å². The molecule has 0 fully saturated rings. The minimum absolute atomic E-state index is 0. The second-order valence-corrected chi connectivity index (χ2v) is 3.74. The molecule has 1 aromatic carbocycles. The summed E-state index contributed by atoms with van der Waals surface area (Å²) in [4.78, 5) is 0. The molecule has 0 unspecified atom stereocenters. The minimum Gasteiger partial charge on any atom is -0.507 e. The maximum absolute atomic E-state index is 12.3. The number of hydrogen-bond acceptors (Lipinski definition) is 2. The molecular formula is C9H12BrClFNO. The number of phenolic OH excluding ortho intramolecular Hbond substituents is 1. The van der Waals surface area contributed by atoms with Crippen LogP contribution >= 0.6 is 28.3 Å². The lowest BCUT2D eigenvalue weighted by atomic mass is 10.0. The molecule has 0 bridgehead atoms. The van der Waals surface area contributed by atoms with Crippen LogP contribution in [-0.2, 0) is 0 Å². The summed E-state index contributed by atoms with van der Waals surface area (Å²) < 4.78 is 12.9. The molecule has 0 spiro atoms. The SMILES string of the molecule is Cc1ccc(Br)c([C@H](N)CF)c1O.Cl. The van der Waals surface area contributed by atoms with Gasteiger partial charge in [-0.1, -0.05) is 22.0 Å². The first-order valence-corrected chi connectivity index (χ1v) is 4.66. The maximum atomic E-state index is 12.3.